The van der Waals surface area contributed by atoms with E-state index in [0.29, 0.717) is 16.9 Å². The molecule has 196 valence electrons. The highest BCUT2D eigenvalue weighted by atomic mass is 32.2. The zero-order valence-corrected chi connectivity index (χ0v) is 22.4. The van der Waals surface area contributed by atoms with E-state index in [0.717, 1.165) is 5.56 Å². The third-order valence-corrected chi connectivity index (χ3v) is 8.24. The van der Waals surface area contributed by atoms with Gasteiger partial charge in [-0.3, -0.25) is 9.52 Å². The molecule has 0 saturated carbocycles. The van der Waals surface area contributed by atoms with E-state index in [1.807, 2.05) is 6.92 Å². The van der Waals surface area contributed by atoms with Crippen LogP contribution in [0.5, 0.6) is 0 Å². The van der Waals surface area contributed by atoms with Gasteiger partial charge in [-0.25, -0.2) is 31.5 Å². The molecule has 0 saturated heterocycles. The van der Waals surface area contributed by atoms with Crippen molar-refractivity contribution in [1.29, 1.82) is 0 Å². The molecule has 0 bridgehead atoms. The Morgan fingerprint density at radius 1 is 0.737 bits per heavy atom. The second-order valence-electron chi connectivity index (χ2n) is 8.55. The van der Waals surface area contributed by atoms with E-state index in [2.05, 4.69) is 24.7 Å². The molecular weight excluding hydrogens is 526 g/mol. The van der Waals surface area contributed by atoms with E-state index in [1.54, 1.807) is 44.2 Å². The number of amides is 1. The normalized spacial score (nSPS) is 11.6. The van der Waals surface area contributed by atoms with E-state index in [-0.39, 0.29) is 27.0 Å². The van der Waals surface area contributed by atoms with Crippen LogP contribution in [0.2, 0.25) is 0 Å². The zero-order chi connectivity index (χ0) is 27.5. The fraction of sp³-hybridized carbons (Fsp3) is 0.115. The first-order valence-electron chi connectivity index (χ1n) is 11.4. The van der Waals surface area contributed by atoms with Gasteiger partial charge in [-0.1, -0.05) is 23.8 Å². The van der Waals surface area contributed by atoms with Gasteiger partial charge in [0.15, 0.2) is 0 Å². The van der Waals surface area contributed by atoms with Gasteiger partial charge in [-0.15, -0.1) is 0 Å². The number of nitrogens with one attached hydrogen (secondary N) is 3. The van der Waals surface area contributed by atoms with Gasteiger partial charge in [-0.2, -0.15) is 0 Å². The summed E-state index contributed by atoms with van der Waals surface area (Å²) >= 11 is 0. The molecule has 0 radical (unpaired) electrons. The first kappa shape index (κ1) is 26.8. The Balaban J connectivity index is 1.48. The largest absolute Gasteiger partial charge is 0.322 e. The van der Waals surface area contributed by atoms with Crippen molar-refractivity contribution in [3.63, 3.8) is 0 Å². The summed E-state index contributed by atoms with van der Waals surface area (Å²) in [6.07, 6.45) is 1.45. The number of aromatic nitrogens is 2. The molecule has 1 amide bonds. The van der Waals surface area contributed by atoms with Gasteiger partial charge >= 0.3 is 0 Å². The van der Waals surface area contributed by atoms with Crippen LogP contribution in [0.15, 0.2) is 88.8 Å². The van der Waals surface area contributed by atoms with Crippen molar-refractivity contribution in [1.82, 2.24) is 9.97 Å². The number of aryl methyl sites for hydroxylation is 3. The standard InChI is InChI=1S/C26H25N5O5S2/c1-17-4-10-22(11-5-17)37(33,34)30-24-16-20(7-6-18(24)2)25(32)29-21-8-12-23(13-9-21)38(35,36)31-26-27-15-14-19(3)28-26/h4-16,30H,1-3H3,(H,29,32)(H,27,28,31). The summed E-state index contributed by atoms with van der Waals surface area (Å²) in [4.78, 5) is 20.9. The Morgan fingerprint density at radius 3 is 1.97 bits per heavy atom. The lowest BCUT2D eigenvalue weighted by Crippen LogP contribution is -2.17. The van der Waals surface area contributed by atoms with Gasteiger partial charge in [0.05, 0.1) is 15.5 Å². The highest BCUT2D eigenvalue weighted by Crippen LogP contribution is 2.23. The highest BCUT2D eigenvalue weighted by molar-refractivity contribution is 7.93. The molecule has 0 aliphatic carbocycles. The van der Waals surface area contributed by atoms with Gasteiger partial charge in [0, 0.05) is 23.1 Å². The molecule has 3 aromatic carbocycles. The van der Waals surface area contributed by atoms with E-state index >= 15 is 0 Å². The number of carbonyl (C=O) groups excluding carboxylic acids is 1. The fourth-order valence-corrected chi connectivity index (χ4v) is 5.46. The van der Waals surface area contributed by atoms with Crippen molar-refractivity contribution < 1.29 is 21.6 Å². The summed E-state index contributed by atoms with van der Waals surface area (Å²) in [5.74, 6) is -0.543. The van der Waals surface area contributed by atoms with Crippen LogP contribution in [0.1, 0.15) is 27.2 Å². The first-order valence-corrected chi connectivity index (χ1v) is 14.3. The number of benzene rings is 3. The summed E-state index contributed by atoms with van der Waals surface area (Å²) in [5, 5.41) is 2.69. The molecule has 10 nitrogen and oxygen atoms in total. The number of hydrogen-bond acceptors (Lipinski definition) is 7. The average molecular weight is 552 g/mol. The van der Waals surface area contributed by atoms with E-state index in [9.17, 15) is 21.6 Å². The van der Waals surface area contributed by atoms with Crippen LogP contribution in [-0.2, 0) is 20.0 Å². The highest BCUT2D eigenvalue weighted by Gasteiger charge is 2.18. The van der Waals surface area contributed by atoms with Gasteiger partial charge in [0.25, 0.3) is 26.0 Å². The molecule has 1 aromatic heterocycles. The van der Waals surface area contributed by atoms with Crippen LogP contribution < -0.4 is 14.8 Å². The molecule has 0 aliphatic rings. The maximum atomic E-state index is 12.9. The molecule has 4 rings (SSSR count). The molecule has 0 unspecified atom stereocenters. The number of hydrogen-bond donors (Lipinski definition) is 3. The minimum Gasteiger partial charge on any atom is -0.322 e. The molecule has 0 spiro atoms. The molecule has 0 aliphatic heterocycles. The van der Waals surface area contributed by atoms with Crippen LogP contribution in [0.4, 0.5) is 17.3 Å². The van der Waals surface area contributed by atoms with Crippen molar-refractivity contribution in [2.45, 2.75) is 30.6 Å². The zero-order valence-electron chi connectivity index (χ0n) is 20.8. The summed E-state index contributed by atoms with van der Waals surface area (Å²) in [5.41, 5.74) is 3.01. The van der Waals surface area contributed by atoms with Crippen LogP contribution in [0, 0.1) is 20.8 Å². The molecule has 0 atom stereocenters. The SMILES string of the molecule is Cc1ccc(S(=O)(=O)Nc2cc(C(=O)Nc3ccc(S(=O)(=O)Nc4nccc(C)n4)cc3)ccc2C)cc1. The van der Waals surface area contributed by atoms with Crippen molar-refractivity contribution in [3.05, 3.63) is 101 Å². The van der Waals surface area contributed by atoms with E-state index in [4.69, 9.17) is 0 Å². The van der Waals surface area contributed by atoms with Gasteiger partial charge in [0.2, 0.25) is 5.95 Å². The molecular formula is C26H25N5O5S2. The third kappa shape index (κ3) is 6.33. The van der Waals surface area contributed by atoms with Crippen LogP contribution in [0.25, 0.3) is 0 Å². The Kier molecular flexibility index (Phi) is 7.46. The lowest BCUT2D eigenvalue weighted by atomic mass is 10.1. The first-order chi connectivity index (χ1) is 17.9. The van der Waals surface area contributed by atoms with Crippen molar-refractivity contribution >= 4 is 43.3 Å². The summed E-state index contributed by atoms with van der Waals surface area (Å²) in [7, 11) is -7.78. The molecule has 38 heavy (non-hydrogen) atoms. The summed E-state index contributed by atoms with van der Waals surface area (Å²) in [6, 6.07) is 18.3. The van der Waals surface area contributed by atoms with Crippen LogP contribution in [-0.4, -0.2) is 32.7 Å². The Hall–Kier alpha value is -4.29. The van der Waals surface area contributed by atoms with Gasteiger partial charge < -0.3 is 5.32 Å². The van der Waals surface area contributed by atoms with Gasteiger partial charge in [0.1, 0.15) is 0 Å². The molecule has 12 heteroatoms. The second kappa shape index (κ2) is 10.6. The maximum absolute atomic E-state index is 12.9. The molecule has 1 heterocycles. The molecule has 4 aromatic rings. The third-order valence-electron chi connectivity index (χ3n) is 5.52. The second-order valence-corrected chi connectivity index (χ2v) is 11.9. The number of sulfonamides is 2. The Morgan fingerprint density at radius 2 is 1.34 bits per heavy atom. The number of rotatable bonds is 8. The lowest BCUT2D eigenvalue weighted by molar-refractivity contribution is 0.102. The van der Waals surface area contributed by atoms with Crippen molar-refractivity contribution in [2.75, 3.05) is 14.8 Å². The molecule has 3 N–H and O–H groups in total. The van der Waals surface area contributed by atoms with E-state index in [1.165, 1.54) is 48.7 Å². The summed E-state index contributed by atoms with van der Waals surface area (Å²) < 4.78 is 55.7. The predicted octanol–water partition coefficient (Wildman–Crippen LogP) is 4.26. The quantitative estimate of drug-likeness (QED) is 0.296. The number of anilines is 3. The average Bonchev–Trinajstić information content (AvgIpc) is 2.85. The Bertz CT molecular complexity index is 1700. The van der Waals surface area contributed by atoms with Gasteiger partial charge in [-0.05, 0) is 80.9 Å². The predicted molar refractivity (Wildman–Crippen MR) is 145 cm³/mol. The van der Waals surface area contributed by atoms with Crippen LogP contribution >= 0.6 is 0 Å². The lowest BCUT2D eigenvalue weighted by Gasteiger charge is -2.13. The monoisotopic (exact) mass is 551 g/mol. The Labute approximate surface area is 221 Å². The van der Waals surface area contributed by atoms with Crippen molar-refractivity contribution in [3.8, 4) is 0 Å². The minimum absolute atomic E-state index is 0.0382. The topological polar surface area (TPSA) is 147 Å². The minimum atomic E-state index is -3.93. The smallest absolute Gasteiger partial charge is 0.264 e. The van der Waals surface area contributed by atoms with Crippen LogP contribution in [0.3, 0.4) is 0 Å². The van der Waals surface area contributed by atoms with Crippen molar-refractivity contribution in [2.24, 2.45) is 0 Å². The maximum Gasteiger partial charge on any atom is 0.264 e. The summed E-state index contributed by atoms with van der Waals surface area (Å²) in [6.45, 7) is 5.30. The van der Waals surface area contributed by atoms with E-state index < -0.39 is 26.0 Å². The number of carbonyl (C=O) groups is 1. The fourth-order valence-electron chi connectivity index (χ4n) is 3.39. The number of nitrogens with zero attached hydrogens (tertiary/aromatic N) is 2. The molecule has 0 fully saturated rings.